The largest absolute Gasteiger partial charge is 0.459 e. The molecule has 0 saturated carbocycles. The molecule has 2 fully saturated rings. The van der Waals surface area contributed by atoms with E-state index in [4.69, 9.17) is 33.7 Å². The molecular weight excluding hydrogens is 959 g/mol. The number of amides is 3. The molecule has 2 unspecified atom stereocenters. The maximum Gasteiger partial charge on any atom is 0.410 e. The standard InChI is InChI=1S/C20H25N3O4.C16H16N4O2.C12H11NO3.C8H9NO/c1-20(2,3)27-19(25)23-10-9-14(13-23)11-21-17(24)18-22-12-16(26-18)15-7-5-4-6-8-15;17-11-20-7-6-12(10-20)8-18-15(21)16-19-9-14(22-16)13-4-2-1-3-5-13;1-2-15-12(14)11-13-8-10(16-11)9-6-4-3-5-7-9;9-6-8(10)7-4-2-1-3-5-7/h4-8,12,14H,9-11,13H2,1-3H3,(H,21,24);1-5,9,12H,6-8,10H2,(H,18,21);3-8H,2H2,1H3;1-5H,6,9H2. The molecule has 7 aromatic rings. The number of esters is 1. The van der Waals surface area contributed by atoms with Crippen molar-refractivity contribution in [3.8, 4) is 40.2 Å². The van der Waals surface area contributed by atoms with Gasteiger partial charge in [0.25, 0.3) is 11.8 Å². The fourth-order valence-corrected chi connectivity index (χ4v) is 7.48. The monoisotopic (exact) mass is 1020 g/mol. The van der Waals surface area contributed by atoms with Crippen molar-refractivity contribution in [1.29, 1.82) is 5.26 Å². The van der Waals surface area contributed by atoms with Gasteiger partial charge in [-0.2, -0.15) is 5.26 Å². The molecule has 2 aliphatic heterocycles. The molecule has 0 bridgehead atoms. The number of rotatable bonds is 13. The number of carbonyl (C=O) groups is 5. The van der Waals surface area contributed by atoms with Crippen molar-refractivity contribution in [2.45, 2.75) is 46.1 Å². The lowest BCUT2D eigenvalue weighted by Crippen LogP contribution is -2.36. The Kier molecular flexibility index (Phi) is 20.5. The summed E-state index contributed by atoms with van der Waals surface area (Å²) >= 11 is 0. The minimum absolute atomic E-state index is 0.0132. The Morgan fingerprint density at radius 3 is 1.51 bits per heavy atom. The molecule has 2 saturated heterocycles. The first-order chi connectivity index (χ1) is 36.2. The molecule has 0 spiro atoms. The molecule has 19 nitrogen and oxygen atoms in total. The van der Waals surface area contributed by atoms with Gasteiger partial charge >= 0.3 is 29.8 Å². The van der Waals surface area contributed by atoms with E-state index in [1.54, 1.807) is 41.2 Å². The summed E-state index contributed by atoms with van der Waals surface area (Å²) in [6.07, 6.45) is 8.16. The number of hydrogen-bond acceptors (Lipinski definition) is 16. The van der Waals surface area contributed by atoms with Crippen LogP contribution in [0.25, 0.3) is 34.0 Å². The smallest absolute Gasteiger partial charge is 0.410 e. The summed E-state index contributed by atoms with van der Waals surface area (Å²) in [5.74, 6) is 1.03. The molecule has 0 radical (unpaired) electrons. The van der Waals surface area contributed by atoms with Crippen LogP contribution < -0.4 is 16.4 Å². The number of nitrogens with two attached hydrogens (primary N) is 1. The van der Waals surface area contributed by atoms with Crippen LogP contribution in [0.15, 0.2) is 153 Å². The van der Waals surface area contributed by atoms with Gasteiger partial charge in [-0.25, -0.2) is 24.5 Å². The first kappa shape index (κ1) is 55.4. The van der Waals surface area contributed by atoms with Crippen molar-refractivity contribution in [2.24, 2.45) is 17.6 Å². The van der Waals surface area contributed by atoms with E-state index in [0.29, 0.717) is 68.1 Å². The minimum Gasteiger partial charge on any atom is -0.459 e. The number of oxazole rings is 3. The molecule has 19 heteroatoms. The topological polar surface area (TPSA) is 262 Å². The van der Waals surface area contributed by atoms with Crippen LogP contribution in [0.1, 0.15) is 83.0 Å². The number of likely N-dealkylation sites (tertiary alicyclic amines) is 2. The van der Waals surface area contributed by atoms with E-state index >= 15 is 0 Å². The van der Waals surface area contributed by atoms with E-state index in [1.165, 1.54) is 6.20 Å². The molecule has 9 rings (SSSR count). The predicted octanol–water partition coefficient (Wildman–Crippen LogP) is 8.55. The number of benzene rings is 4. The van der Waals surface area contributed by atoms with E-state index in [9.17, 15) is 24.0 Å². The summed E-state index contributed by atoms with van der Waals surface area (Å²) in [5.41, 5.74) is 7.96. The van der Waals surface area contributed by atoms with Gasteiger partial charge < -0.3 is 48.9 Å². The Balaban J connectivity index is 0.000000171. The number of nitrogens with one attached hydrogen (secondary N) is 2. The summed E-state index contributed by atoms with van der Waals surface area (Å²) < 4.78 is 26.5. The van der Waals surface area contributed by atoms with Crippen molar-refractivity contribution in [3.63, 3.8) is 0 Å². The zero-order valence-electron chi connectivity index (χ0n) is 42.3. The molecule has 75 heavy (non-hydrogen) atoms. The van der Waals surface area contributed by atoms with Gasteiger partial charge in [0.1, 0.15) is 5.60 Å². The Bertz CT molecular complexity index is 2950. The van der Waals surface area contributed by atoms with Crippen LogP contribution in [-0.2, 0) is 9.47 Å². The first-order valence-corrected chi connectivity index (χ1v) is 24.4. The zero-order valence-corrected chi connectivity index (χ0v) is 42.3. The highest BCUT2D eigenvalue weighted by atomic mass is 16.6. The number of ketones is 1. The van der Waals surface area contributed by atoms with Crippen molar-refractivity contribution in [1.82, 2.24) is 35.4 Å². The highest BCUT2D eigenvalue weighted by Gasteiger charge is 2.30. The van der Waals surface area contributed by atoms with E-state index in [-0.39, 0.29) is 53.8 Å². The van der Waals surface area contributed by atoms with Gasteiger partial charge in [0.05, 0.1) is 31.7 Å². The van der Waals surface area contributed by atoms with Crippen LogP contribution in [-0.4, -0.2) is 112 Å². The third kappa shape index (κ3) is 17.4. The Morgan fingerprint density at radius 1 is 0.653 bits per heavy atom. The van der Waals surface area contributed by atoms with E-state index in [2.05, 4.69) is 31.8 Å². The third-order valence-electron chi connectivity index (χ3n) is 11.3. The van der Waals surface area contributed by atoms with E-state index in [0.717, 1.165) is 36.1 Å². The third-order valence-corrected chi connectivity index (χ3v) is 11.3. The number of nitrogens with zero attached hydrogens (tertiary/aromatic N) is 6. The van der Waals surface area contributed by atoms with Crippen LogP contribution in [0, 0.1) is 23.3 Å². The molecule has 2 atom stereocenters. The number of aromatic nitrogens is 3. The summed E-state index contributed by atoms with van der Waals surface area (Å²) in [6.45, 7) is 11.3. The lowest BCUT2D eigenvalue weighted by atomic mass is 10.1. The molecule has 4 N–H and O–H groups in total. The fraction of sp³-hybridized carbons (Fsp3) is 0.304. The maximum absolute atomic E-state index is 12.3. The normalized spacial score (nSPS) is 14.6. The number of Topliss-reactive ketones (excluding diaryl/α,β-unsaturated/α-hetero) is 1. The van der Waals surface area contributed by atoms with E-state index < -0.39 is 11.6 Å². The predicted molar refractivity (Wildman–Crippen MR) is 277 cm³/mol. The Morgan fingerprint density at radius 2 is 1.08 bits per heavy atom. The van der Waals surface area contributed by atoms with Gasteiger partial charge in [0, 0.05) is 61.5 Å². The summed E-state index contributed by atoms with van der Waals surface area (Å²) in [6, 6.07) is 37.5. The van der Waals surface area contributed by atoms with Gasteiger partial charge in [-0.05, 0) is 52.4 Å². The Hall–Kier alpha value is -8.89. The second kappa shape index (κ2) is 27.8. The lowest BCUT2D eigenvalue weighted by molar-refractivity contribution is 0.0287. The molecule has 2 aliphatic rings. The maximum atomic E-state index is 12.3. The lowest BCUT2D eigenvalue weighted by Gasteiger charge is -2.24. The van der Waals surface area contributed by atoms with Crippen LogP contribution in [0.4, 0.5) is 4.79 Å². The highest BCUT2D eigenvalue weighted by molar-refractivity contribution is 5.97. The highest BCUT2D eigenvalue weighted by Crippen LogP contribution is 2.23. The van der Waals surface area contributed by atoms with Crippen molar-refractivity contribution >= 4 is 29.7 Å². The number of hydrogen-bond donors (Lipinski definition) is 3. The van der Waals surface area contributed by atoms with Crippen LogP contribution >= 0.6 is 0 Å². The van der Waals surface area contributed by atoms with Crippen LogP contribution in [0.3, 0.4) is 0 Å². The van der Waals surface area contributed by atoms with E-state index in [1.807, 2.05) is 130 Å². The van der Waals surface area contributed by atoms with Gasteiger partial charge in [-0.15, -0.1) is 0 Å². The molecule has 3 aromatic heterocycles. The first-order valence-electron chi connectivity index (χ1n) is 24.4. The number of nitriles is 1. The summed E-state index contributed by atoms with van der Waals surface area (Å²) in [5, 5.41) is 14.5. The van der Waals surface area contributed by atoms with Crippen LogP contribution in [0.5, 0.6) is 0 Å². The second-order valence-corrected chi connectivity index (χ2v) is 18.1. The zero-order chi connectivity index (χ0) is 53.6. The Labute approximate surface area is 435 Å². The number of ether oxygens (including phenoxy) is 2. The average molecular weight is 1020 g/mol. The molecule has 390 valence electrons. The van der Waals surface area contributed by atoms with Gasteiger partial charge in [-0.3, -0.25) is 14.4 Å². The van der Waals surface area contributed by atoms with Crippen molar-refractivity contribution < 1.29 is 46.7 Å². The quantitative estimate of drug-likeness (QED) is 0.0555. The molecule has 0 aliphatic carbocycles. The molecule has 5 heterocycles. The van der Waals surface area contributed by atoms with Gasteiger partial charge in [-0.1, -0.05) is 121 Å². The van der Waals surface area contributed by atoms with Gasteiger partial charge in [0.2, 0.25) is 0 Å². The molecule has 4 aromatic carbocycles. The van der Waals surface area contributed by atoms with Gasteiger partial charge in [0.15, 0.2) is 29.3 Å². The summed E-state index contributed by atoms with van der Waals surface area (Å²) in [4.78, 5) is 74.0. The summed E-state index contributed by atoms with van der Waals surface area (Å²) in [7, 11) is 0. The minimum atomic E-state index is -0.537. The average Bonchev–Trinajstić information content (AvgIpc) is 4.31. The van der Waals surface area contributed by atoms with Crippen molar-refractivity contribution in [3.05, 3.63) is 163 Å². The fourth-order valence-electron chi connectivity index (χ4n) is 7.48. The SMILES string of the molecule is CC(C)(C)OC(=O)N1CCC(CNC(=O)c2ncc(-c3ccccc3)o2)C1.CCOC(=O)c1ncc(-c2ccccc2)o1.N#CN1CCC(CNC(=O)c2ncc(-c3ccccc3)o2)C1.NCC(=O)c1ccccc1. The molecular formula is C56H61N9O10. The second-order valence-electron chi connectivity index (χ2n) is 18.1. The number of carbonyl (C=O) groups excluding carboxylic acids is 5. The molecule has 3 amide bonds. The van der Waals surface area contributed by atoms with Crippen LogP contribution in [0.2, 0.25) is 0 Å². The van der Waals surface area contributed by atoms with Crippen molar-refractivity contribution in [2.75, 3.05) is 52.4 Å².